The van der Waals surface area contributed by atoms with Gasteiger partial charge in [0.2, 0.25) is 5.95 Å². The average molecular weight is 589 g/mol. The molecule has 5 heterocycles. The Balaban J connectivity index is 1.28. The topological polar surface area (TPSA) is 300 Å². The highest BCUT2D eigenvalue weighted by Crippen LogP contribution is 2.49. The summed E-state index contributed by atoms with van der Waals surface area (Å²) in [4.78, 5) is 57.7. The average Bonchev–Trinajstić information content (AvgIpc) is 3.53. The fraction of sp³-hybridized carbons (Fsp3) is 0.526. The third kappa shape index (κ3) is 5.12. The van der Waals surface area contributed by atoms with Crippen molar-refractivity contribution in [2.75, 3.05) is 18.9 Å². The van der Waals surface area contributed by atoms with Crippen molar-refractivity contribution in [2.24, 2.45) is 0 Å². The van der Waals surface area contributed by atoms with Gasteiger partial charge in [0.25, 0.3) is 11.1 Å². The molecule has 2 saturated heterocycles. The van der Waals surface area contributed by atoms with Gasteiger partial charge >= 0.3 is 13.5 Å². The van der Waals surface area contributed by atoms with Crippen LogP contribution < -0.4 is 22.5 Å². The number of nitrogen functional groups attached to an aromatic ring is 1. The third-order valence-corrected chi connectivity index (χ3v) is 7.32. The van der Waals surface area contributed by atoms with Crippen LogP contribution in [0.3, 0.4) is 0 Å². The fourth-order valence-electron chi connectivity index (χ4n) is 4.43. The molecule has 9 atom stereocenters. The van der Waals surface area contributed by atoms with Crippen LogP contribution in [0.15, 0.2) is 33.0 Å². The maximum Gasteiger partial charge on any atom is 0.472 e. The van der Waals surface area contributed by atoms with Crippen LogP contribution in [0.5, 0.6) is 0 Å². The van der Waals surface area contributed by atoms with Gasteiger partial charge in [-0.15, -0.1) is 0 Å². The second kappa shape index (κ2) is 10.6. The van der Waals surface area contributed by atoms with Gasteiger partial charge in [-0.2, -0.15) is 4.98 Å². The van der Waals surface area contributed by atoms with Gasteiger partial charge < -0.3 is 40.5 Å². The number of H-pyrrole nitrogens is 2. The molecule has 5 rings (SSSR count). The lowest BCUT2D eigenvalue weighted by Crippen LogP contribution is -2.37. The Hall–Kier alpha value is -3.30. The second-order valence-electron chi connectivity index (χ2n) is 8.91. The number of phosphoric acid groups is 1. The Bertz CT molecular complexity index is 1620. The Labute approximate surface area is 220 Å². The zero-order valence-electron chi connectivity index (χ0n) is 20.1. The standard InChI is InChI=1S/C19H24N7O13P/c20-18-23-14-9(15(32)24-18)21-5-26(14)17-12(31)13(6(3-27)37-17)39-40(34,35)36-4-7-10(29)11(30)16(38-7)25-2-1-8(28)22-19(25)33/h1-2,5-7,10-13,16-17,27,29-31H,3-4H2,(H,34,35)(H,22,28,33)(H3,20,23,24,32)/t6-,7+,10+,11-,12-,13+,16+,17-/m1/s1. The molecule has 21 heteroatoms. The first kappa shape index (κ1) is 28.2. The van der Waals surface area contributed by atoms with Crippen LogP contribution in [0, 0.1) is 0 Å². The molecule has 0 bridgehead atoms. The summed E-state index contributed by atoms with van der Waals surface area (Å²) in [6.07, 6.45) is -10.2. The number of fused-ring (bicyclic) bond motifs is 1. The summed E-state index contributed by atoms with van der Waals surface area (Å²) in [5.74, 6) is -0.249. The number of aromatic amines is 2. The van der Waals surface area contributed by atoms with Crippen LogP contribution in [-0.2, 0) is 23.1 Å². The van der Waals surface area contributed by atoms with Gasteiger partial charge in [-0.3, -0.25) is 37.7 Å². The van der Waals surface area contributed by atoms with Crippen LogP contribution in [0.4, 0.5) is 5.95 Å². The van der Waals surface area contributed by atoms with E-state index < -0.39 is 86.9 Å². The Morgan fingerprint density at radius 3 is 2.45 bits per heavy atom. The largest absolute Gasteiger partial charge is 0.472 e. The molecule has 0 radical (unpaired) electrons. The molecule has 3 aromatic heterocycles. The normalized spacial score (nSPS) is 32.0. The van der Waals surface area contributed by atoms with E-state index >= 15 is 0 Å². The summed E-state index contributed by atoms with van der Waals surface area (Å²) >= 11 is 0. The number of phosphoric ester groups is 1. The second-order valence-corrected chi connectivity index (χ2v) is 10.3. The molecule has 0 saturated carbocycles. The first-order chi connectivity index (χ1) is 18.9. The van der Waals surface area contributed by atoms with E-state index in [9.17, 15) is 44.3 Å². The molecule has 2 aliphatic rings. The summed E-state index contributed by atoms with van der Waals surface area (Å²) in [6, 6.07) is 0.985. The van der Waals surface area contributed by atoms with E-state index in [2.05, 4.69) is 15.0 Å². The lowest BCUT2D eigenvalue weighted by atomic mass is 10.1. The number of aliphatic hydroxyl groups is 4. The van der Waals surface area contributed by atoms with Gasteiger partial charge in [-0.05, 0) is 0 Å². The van der Waals surface area contributed by atoms with E-state index in [1.165, 1.54) is 0 Å². The molecule has 0 spiro atoms. The quantitative estimate of drug-likeness (QED) is 0.115. The summed E-state index contributed by atoms with van der Waals surface area (Å²) < 4.78 is 35.6. The number of anilines is 1. The minimum absolute atomic E-state index is 0.0758. The van der Waals surface area contributed by atoms with Crippen molar-refractivity contribution in [3.8, 4) is 0 Å². The van der Waals surface area contributed by atoms with Gasteiger partial charge in [-0.25, -0.2) is 14.3 Å². The Kier molecular flexibility index (Phi) is 7.48. The van der Waals surface area contributed by atoms with Crippen molar-refractivity contribution < 1.29 is 48.4 Å². The molecule has 9 N–H and O–H groups in total. The van der Waals surface area contributed by atoms with E-state index in [-0.39, 0.29) is 17.1 Å². The zero-order chi connectivity index (χ0) is 28.9. The van der Waals surface area contributed by atoms with Crippen molar-refractivity contribution in [1.82, 2.24) is 29.1 Å². The number of rotatable bonds is 8. The maximum absolute atomic E-state index is 12.7. The van der Waals surface area contributed by atoms with Crippen LogP contribution >= 0.6 is 7.82 Å². The highest BCUT2D eigenvalue weighted by Gasteiger charge is 2.50. The number of nitrogens with one attached hydrogen (secondary N) is 2. The number of aromatic nitrogens is 6. The minimum atomic E-state index is -5.06. The zero-order valence-corrected chi connectivity index (χ0v) is 21.0. The van der Waals surface area contributed by atoms with E-state index in [0.29, 0.717) is 0 Å². The molecule has 3 aromatic rings. The third-order valence-electron chi connectivity index (χ3n) is 6.33. The molecule has 40 heavy (non-hydrogen) atoms. The predicted molar refractivity (Wildman–Crippen MR) is 127 cm³/mol. The van der Waals surface area contributed by atoms with Gasteiger partial charge in [0.15, 0.2) is 23.6 Å². The van der Waals surface area contributed by atoms with E-state index in [1.54, 1.807) is 0 Å². The first-order valence-corrected chi connectivity index (χ1v) is 13.0. The Morgan fingerprint density at radius 2 is 1.75 bits per heavy atom. The fourth-order valence-corrected chi connectivity index (χ4v) is 5.40. The first-order valence-electron chi connectivity index (χ1n) is 11.6. The monoisotopic (exact) mass is 589 g/mol. The van der Waals surface area contributed by atoms with Gasteiger partial charge in [0.1, 0.15) is 36.6 Å². The van der Waals surface area contributed by atoms with Crippen molar-refractivity contribution >= 4 is 24.9 Å². The number of imidazole rings is 1. The van der Waals surface area contributed by atoms with Crippen molar-refractivity contribution in [2.45, 2.75) is 49.1 Å². The van der Waals surface area contributed by atoms with Crippen LogP contribution in [-0.4, -0.2) is 104 Å². The summed E-state index contributed by atoms with van der Waals surface area (Å²) in [6.45, 7) is -1.59. The molecule has 0 aromatic carbocycles. The molecule has 2 aliphatic heterocycles. The number of aliphatic hydroxyl groups excluding tert-OH is 4. The molecule has 0 aliphatic carbocycles. The SMILES string of the molecule is Nc1nc2c(ncn2[C@@H]2O[C@H](CO)[C@H](OP(=O)(O)OC[C@@H]3O[C@H](n4ccc(=O)[nH]c4=O)[C@H](O)[C@H]3O)[C@H]2O)c(=O)[nH]1. The van der Waals surface area contributed by atoms with E-state index in [0.717, 1.165) is 27.7 Å². The van der Waals surface area contributed by atoms with Crippen molar-refractivity contribution in [3.63, 3.8) is 0 Å². The maximum atomic E-state index is 12.7. The number of ether oxygens (including phenoxy) is 2. The van der Waals surface area contributed by atoms with E-state index in [4.69, 9.17) is 24.3 Å². The van der Waals surface area contributed by atoms with Crippen LogP contribution in [0.2, 0.25) is 0 Å². The van der Waals surface area contributed by atoms with Gasteiger partial charge in [-0.1, -0.05) is 0 Å². The summed E-state index contributed by atoms with van der Waals surface area (Å²) in [5, 5.41) is 41.2. The number of nitrogens with zero attached hydrogens (tertiary/aromatic N) is 4. The van der Waals surface area contributed by atoms with E-state index in [1.807, 2.05) is 4.98 Å². The highest BCUT2D eigenvalue weighted by atomic mass is 31.2. The van der Waals surface area contributed by atoms with Crippen molar-refractivity contribution in [3.05, 3.63) is 49.8 Å². The molecule has 218 valence electrons. The van der Waals surface area contributed by atoms with Gasteiger partial charge in [0, 0.05) is 12.3 Å². The Morgan fingerprint density at radius 1 is 1.05 bits per heavy atom. The minimum Gasteiger partial charge on any atom is -0.394 e. The van der Waals surface area contributed by atoms with Crippen LogP contribution in [0.1, 0.15) is 12.5 Å². The van der Waals surface area contributed by atoms with Gasteiger partial charge in [0.05, 0.1) is 19.5 Å². The number of nitrogens with two attached hydrogens (primary N) is 1. The molecule has 1 unspecified atom stereocenters. The summed E-state index contributed by atoms with van der Waals surface area (Å²) in [7, 11) is -5.06. The molecule has 20 nitrogen and oxygen atoms in total. The predicted octanol–water partition coefficient (Wildman–Crippen LogP) is -4.38. The number of hydrogen-bond donors (Lipinski definition) is 8. The summed E-state index contributed by atoms with van der Waals surface area (Å²) in [5.41, 5.74) is 3.06. The molecule has 0 amide bonds. The lowest BCUT2D eigenvalue weighted by molar-refractivity contribution is -0.0610. The highest BCUT2D eigenvalue weighted by molar-refractivity contribution is 7.47. The molecular formula is C19H24N7O13P. The van der Waals surface area contributed by atoms with Crippen molar-refractivity contribution in [1.29, 1.82) is 0 Å². The molecule has 2 fully saturated rings. The lowest BCUT2D eigenvalue weighted by Gasteiger charge is -2.23. The molecular weight excluding hydrogens is 565 g/mol. The number of hydrogen-bond acceptors (Lipinski definition) is 15. The smallest absolute Gasteiger partial charge is 0.394 e. The van der Waals surface area contributed by atoms with Crippen LogP contribution in [0.25, 0.3) is 11.2 Å².